The number of hydrogen-bond acceptors (Lipinski definition) is 3. The van der Waals surface area contributed by atoms with E-state index in [0.717, 1.165) is 18.9 Å². The number of nitriles is 1. The van der Waals surface area contributed by atoms with E-state index in [2.05, 4.69) is 0 Å². The maximum absolute atomic E-state index is 13.0. The molecule has 114 valence electrons. The van der Waals surface area contributed by atoms with Crippen molar-refractivity contribution in [3.05, 3.63) is 29.3 Å². The smallest absolute Gasteiger partial charge is 0.393 e. The van der Waals surface area contributed by atoms with Crippen LogP contribution in [-0.2, 0) is 6.18 Å². The van der Waals surface area contributed by atoms with Crippen LogP contribution in [0.2, 0.25) is 0 Å². The molecule has 1 aliphatic heterocycles. The molecule has 0 aliphatic carbocycles. The lowest BCUT2D eigenvalue weighted by Crippen LogP contribution is -2.32. The van der Waals surface area contributed by atoms with E-state index in [-0.39, 0.29) is 11.6 Å². The SMILES string of the molecule is C[C@H](O)C[C@H]1CCCN1c1ccc(C#N)c(C(F)(F)F)c1. The van der Waals surface area contributed by atoms with Crippen LogP contribution in [0.25, 0.3) is 0 Å². The summed E-state index contributed by atoms with van der Waals surface area (Å²) in [6, 6.07) is 5.43. The zero-order chi connectivity index (χ0) is 15.6. The Balaban J connectivity index is 2.34. The fourth-order valence-electron chi connectivity index (χ4n) is 2.86. The monoisotopic (exact) mass is 298 g/mol. The van der Waals surface area contributed by atoms with E-state index in [0.29, 0.717) is 18.7 Å². The van der Waals surface area contributed by atoms with E-state index in [4.69, 9.17) is 5.26 Å². The van der Waals surface area contributed by atoms with Crippen LogP contribution in [0, 0.1) is 11.3 Å². The first-order valence-corrected chi connectivity index (χ1v) is 6.89. The average Bonchev–Trinajstić information content (AvgIpc) is 2.84. The Morgan fingerprint density at radius 3 is 2.76 bits per heavy atom. The minimum atomic E-state index is -4.54. The molecular formula is C15H17F3N2O. The summed E-state index contributed by atoms with van der Waals surface area (Å²) in [4.78, 5) is 1.89. The number of nitrogens with zero attached hydrogens (tertiary/aromatic N) is 2. The summed E-state index contributed by atoms with van der Waals surface area (Å²) in [7, 11) is 0. The van der Waals surface area contributed by atoms with Crippen LogP contribution >= 0.6 is 0 Å². The van der Waals surface area contributed by atoms with Gasteiger partial charge in [0.15, 0.2) is 0 Å². The Hall–Kier alpha value is -1.74. The Morgan fingerprint density at radius 1 is 1.48 bits per heavy atom. The molecule has 21 heavy (non-hydrogen) atoms. The molecule has 6 heteroatoms. The highest BCUT2D eigenvalue weighted by Gasteiger charge is 2.35. The molecule has 3 nitrogen and oxygen atoms in total. The quantitative estimate of drug-likeness (QED) is 0.931. The fourth-order valence-corrected chi connectivity index (χ4v) is 2.86. The van der Waals surface area contributed by atoms with Crippen molar-refractivity contribution in [2.75, 3.05) is 11.4 Å². The fraction of sp³-hybridized carbons (Fsp3) is 0.533. The number of anilines is 1. The predicted octanol–water partition coefficient (Wildman–Crippen LogP) is 3.32. The van der Waals surface area contributed by atoms with Crippen molar-refractivity contribution in [2.45, 2.75) is 44.5 Å². The van der Waals surface area contributed by atoms with Gasteiger partial charge in [-0.15, -0.1) is 0 Å². The summed E-state index contributed by atoms with van der Waals surface area (Å²) < 4.78 is 39.0. The molecule has 2 atom stereocenters. The molecule has 1 saturated heterocycles. The van der Waals surface area contributed by atoms with Crippen molar-refractivity contribution in [1.82, 2.24) is 0 Å². The molecule has 0 spiro atoms. The molecule has 2 rings (SSSR count). The second-order valence-electron chi connectivity index (χ2n) is 5.41. The van der Waals surface area contributed by atoms with Crippen molar-refractivity contribution in [2.24, 2.45) is 0 Å². The number of aliphatic hydroxyl groups excluding tert-OH is 1. The van der Waals surface area contributed by atoms with Gasteiger partial charge >= 0.3 is 6.18 Å². The van der Waals surface area contributed by atoms with Gasteiger partial charge in [-0.1, -0.05) is 0 Å². The second kappa shape index (κ2) is 5.94. The molecule has 1 aliphatic rings. The summed E-state index contributed by atoms with van der Waals surface area (Å²) in [6.07, 6.45) is -2.76. The van der Waals surface area contributed by atoms with E-state index in [1.54, 1.807) is 19.1 Å². The number of benzene rings is 1. The van der Waals surface area contributed by atoms with Crippen molar-refractivity contribution < 1.29 is 18.3 Å². The zero-order valence-electron chi connectivity index (χ0n) is 11.7. The topological polar surface area (TPSA) is 47.3 Å². The molecule has 0 unspecified atom stereocenters. The van der Waals surface area contributed by atoms with E-state index in [1.807, 2.05) is 4.90 Å². The first-order valence-electron chi connectivity index (χ1n) is 6.89. The third-order valence-electron chi connectivity index (χ3n) is 3.75. The Bertz CT molecular complexity index is 549. The number of hydrogen-bond donors (Lipinski definition) is 1. The van der Waals surface area contributed by atoms with Gasteiger partial charge in [0, 0.05) is 18.3 Å². The van der Waals surface area contributed by atoms with Crippen LogP contribution < -0.4 is 4.90 Å². The van der Waals surface area contributed by atoms with Crippen LogP contribution in [0.15, 0.2) is 18.2 Å². The first-order chi connectivity index (χ1) is 9.82. The van der Waals surface area contributed by atoms with Gasteiger partial charge in [0.25, 0.3) is 0 Å². The highest BCUT2D eigenvalue weighted by molar-refractivity contribution is 5.56. The molecule has 0 saturated carbocycles. The third-order valence-corrected chi connectivity index (χ3v) is 3.75. The number of rotatable bonds is 3. The van der Waals surface area contributed by atoms with Gasteiger partial charge in [-0.2, -0.15) is 18.4 Å². The van der Waals surface area contributed by atoms with Crippen molar-refractivity contribution in [3.8, 4) is 6.07 Å². The summed E-state index contributed by atoms with van der Waals surface area (Å²) in [6.45, 7) is 2.34. The summed E-state index contributed by atoms with van der Waals surface area (Å²) in [5, 5.41) is 18.3. The van der Waals surface area contributed by atoms with Crippen molar-refractivity contribution in [3.63, 3.8) is 0 Å². The maximum Gasteiger partial charge on any atom is 0.417 e. The van der Waals surface area contributed by atoms with Gasteiger partial charge in [-0.3, -0.25) is 0 Å². The van der Waals surface area contributed by atoms with Crippen LogP contribution in [0.4, 0.5) is 18.9 Å². The summed E-state index contributed by atoms with van der Waals surface area (Å²) in [5.41, 5.74) is -0.799. The minimum absolute atomic E-state index is 0.0408. The van der Waals surface area contributed by atoms with Gasteiger partial charge in [0.2, 0.25) is 0 Å². The Morgan fingerprint density at radius 2 is 2.19 bits per heavy atom. The second-order valence-corrected chi connectivity index (χ2v) is 5.41. The van der Waals surface area contributed by atoms with Gasteiger partial charge in [-0.05, 0) is 44.4 Å². The van der Waals surface area contributed by atoms with Gasteiger partial charge in [0.05, 0.1) is 23.3 Å². The first kappa shape index (κ1) is 15.6. The van der Waals surface area contributed by atoms with Gasteiger partial charge < -0.3 is 10.0 Å². The van der Waals surface area contributed by atoms with Crippen LogP contribution in [0.1, 0.15) is 37.3 Å². The average molecular weight is 298 g/mol. The highest BCUT2D eigenvalue weighted by atomic mass is 19.4. The number of aliphatic hydroxyl groups is 1. The highest BCUT2D eigenvalue weighted by Crippen LogP contribution is 2.36. The van der Waals surface area contributed by atoms with Crippen LogP contribution in [0.3, 0.4) is 0 Å². The van der Waals surface area contributed by atoms with Crippen molar-refractivity contribution >= 4 is 5.69 Å². The number of alkyl halides is 3. The molecule has 1 heterocycles. The lowest BCUT2D eigenvalue weighted by Gasteiger charge is -2.28. The molecular weight excluding hydrogens is 281 g/mol. The minimum Gasteiger partial charge on any atom is -0.393 e. The molecule has 0 amide bonds. The molecule has 1 aromatic carbocycles. The predicted molar refractivity (Wildman–Crippen MR) is 72.8 cm³/mol. The third kappa shape index (κ3) is 3.48. The van der Waals surface area contributed by atoms with Crippen LogP contribution in [-0.4, -0.2) is 23.8 Å². The van der Waals surface area contributed by atoms with E-state index in [1.165, 1.54) is 6.07 Å². The summed E-state index contributed by atoms with van der Waals surface area (Å²) in [5.74, 6) is 0. The molecule has 0 radical (unpaired) electrons. The standard InChI is InChI=1S/C15H17F3N2O/c1-10(21)7-12-3-2-6-20(12)13-5-4-11(9-19)14(8-13)15(16,17)18/h4-5,8,10,12,21H,2-3,6-7H2,1H3/t10-,12+/m0/s1. The van der Waals surface area contributed by atoms with Crippen LogP contribution in [0.5, 0.6) is 0 Å². The Kier molecular flexibility index (Phi) is 4.43. The van der Waals surface area contributed by atoms with E-state index in [9.17, 15) is 18.3 Å². The molecule has 1 aromatic rings. The maximum atomic E-state index is 13.0. The van der Waals surface area contributed by atoms with Crippen molar-refractivity contribution in [1.29, 1.82) is 5.26 Å². The largest absolute Gasteiger partial charge is 0.417 e. The Labute approximate surface area is 121 Å². The number of halogens is 3. The molecule has 1 fully saturated rings. The molecule has 0 bridgehead atoms. The van der Waals surface area contributed by atoms with Gasteiger partial charge in [0.1, 0.15) is 0 Å². The lowest BCUT2D eigenvalue weighted by atomic mass is 10.0. The zero-order valence-corrected chi connectivity index (χ0v) is 11.7. The normalized spacial score (nSPS) is 20.4. The molecule has 1 N–H and O–H groups in total. The van der Waals surface area contributed by atoms with E-state index < -0.39 is 17.8 Å². The van der Waals surface area contributed by atoms with E-state index >= 15 is 0 Å². The molecule has 0 aromatic heterocycles. The van der Waals surface area contributed by atoms with Gasteiger partial charge in [-0.25, -0.2) is 0 Å². The lowest BCUT2D eigenvalue weighted by molar-refractivity contribution is -0.137. The summed E-state index contributed by atoms with van der Waals surface area (Å²) >= 11 is 0.